The van der Waals surface area contributed by atoms with Crippen molar-refractivity contribution < 1.29 is 22.6 Å². The number of benzene rings is 2. The number of aryl methyl sites for hydroxylation is 1. The van der Waals surface area contributed by atoms with Crippen LogP contribution in [0.25, 0.3) is 0 Å². The van der Waals surface area contributed by atoms with Crippen LogP contribution in [-0.2, 0) is 16.6 Å². The Hall–Kier alpha value is -3.34. The molecule has 0 aliphatic heterocycles. The molecule has 1 aromatic heterocycles. The number of nitrogens with one attached hydrogen (secondary N) is 1. The topological polar surface area (TPSA) is 117 Å². The van der Waals surface area contributed by atoms with E-state index >= 15 is 0 Å². The van der Waals surface area contributed by atoms with Crippen molar-refractivity contribution in [3.63, 3.8) is 0 Å². The van der Waals surface area contributed by atoms with Gasteiger partial charge in [-0.25, -0.2) is 8.42 Å². The highest BCUT2D eigenvalue weighted by Gasteiger charge is 2.35. The third kappa shape index (κ3) is 8.84. The second-order valence-electron chi connectivity index (χ2n) is 9.77. The summed E-state index contributed by atoms with van der Waals surface area (Å²) in [7, 11) is 0.274. The second-order valence-corrected chi connectivity index (χ2v) is 11.5. The van der Waals surface area contributed by atoms with Gasteiger partial charge in [0.1, 0.15) is 22.9 Å². The molecule has 10 nitrogen and oxygen atoms in total. The molecule has 1 heterocycles. The molecule has 3 aromatic rings. The highest BCUT2D eigenvalue weighted by molar-refractivity contribution is 7.93. The third-order valence-electron chi connectivity index (χ3n) is 6.79. The summed E-state index contributed by atoms with van der Waals surface area (Å²) in [6.07, 6.45) is 12.3. The number of rotatable bonds is 19. The van der Waals surface area contributed by atoms with Gasteiger partial charge in [0.2, 0.25) is 10.0 Å². The maximum atomic E-state index is 13.9. The van der Waals surface area contributed by atoms with Gasteiger partial charge in [0.05, 0.1) is 27.9 Å². The van der Waals surface area contributed by atoms with Crippen LogP contribution in [0.1, 0.15) is 87.8 Å². The second kappa shape index (κ2) is 16.1. The van der Waals surface area contributed by atoms with Crippen LogP contribution in [-0.4, -0.2) is 50.0 Å². The summed E-state index contributed by atoms with van der Waals surface area (Å²) < 4.78 is 46.6. The molecule has 40 heavy (non-hydrogen) atoms. The van der Waals surface area contributed by atoms with E-state index in [1.807, 2.05) is 6.07 Å². The van der Waals surface area contributed by atoms with Crippen molar-refractivity contribution >= 4 is 15.7 Å². The van der Waals surface area contributed by atoms with Gasteiger partial charge in [0, 0.05) is 12.1 Å². The van der Waals surface area contributed by atoms with Gasteiger partial charge in [-0.2, -0.15) is 4.80 Å². The Balaban J connectivity index is 1.71. The fourth-order valence-electron chi connectivity index (χ4n) is 4.60. The van der Waals surface area contributed by atoms with E-state index in [0.717, 1.165) is 12.8 Å². The lowest BCUT2D eigenvalue weighted by atomic mass is 10.1. The maximum Gasteiger partial charge on any atom is 0.247 e. The minimum Gasteiger partial charge on any atom is -0.496 e. The molecule has 1 unspecified atom stereocenters. The van der Waals surface area contributed by atoms with Crippen LogP contribution in [0.5, 0.6) is 17.2 Å². The fraction of sp³-hybridized carbons (Fsp3) is 0.552. The van der Waals surface area contributed by atoms with Crippen LogP contribution in [0.4, 0.5) is 5.69 Å². The number of anilines is 1. The summed E-state index contributed by atoms with van der Waals surface area (Å²) in [4.78, 5) is 1.49. The van der Waals surface area contributed by atoms with Gasteiger partial charge in [0.15, 0.2) is 11.1 Å². The molecular weight excluding hydrogens is 530 g/mol. The Morgan fingerprint density at radius 1 is 0.825 bits per heavy atom. The minimum absolute atomic E-state index is 0.0947. The van der Waals surface area contributed by atoms with Crippen LogP contribution in [0, 0.1) is 0 Å². The molecule has 0 bridgehead atoms. The summed E-state index contributed by atoms with van der Waals surface area (Å²) in [5.74, 6) is 1.07. The maximum absolute atomic E-state index is 13.9. The predicted molar refractivity (Wildman–Crippen MR) is 157 cm³/mol. The summed E-state index contributed by atoms with van der Waals surface area (Å²) in [6.45, 7) is 2.82. The lowest BCUT2D eigenvalue weighted by molar-refractivity contribution is 0.378. The van der Waals surface area contributed by atoms with Crippen LogP contribution in [0.3, 0.4) is 0 Å². The number of hydrogen-bond acceptors (Lipinski definition) is 8. The molecule has 0 amide bonds. The van der Waals surface area contributed by atoms with Crippen LogP contribution < -0.4 is 18.9 Å². The van der Waals surface area contributed by atoms with Gasteiger partial charge >= 0.3 is 0 Å². The van der Waals surface area contributed by atoms with Crippen molar-refractivity contribution in [3.8, 4) is 17.2 Å². The van der Waals surface area contributed by atoms with E-state index in [1.54, 1.807) is 36.4 Å². The summed E-state index contributed by atoms with van der Waals surface area (Å²) >= 11 is 0. The van der Waals surface area contributed by atoms with E-state index in [-0.39, 0.29) is 23.0 Å². The smallest absolute Gasteiger partial charge is 0.247 e. The molecule has 0 radical (unpaired) electrons. The molecule has 1 atom stereocenters. The predicted octanol–water partition coefficient (Wildman–Crippen LogP) is 6.15. The van der Waals surface area contributed by atoms with Gasteiger partial charge in [-0.1, -0.05) is 95.0 Å². The van der Waals surface area contributed by atoms with Crippen molar-refractivity contribution in [2.45, 2.75) is 82.9 Å². The average Bonchev–Trinajstić information content (AvgIpc) is 3.42. The van der Waals surface area contributed by atoms with E-state index in [1.165, 1.54) is 77.5 Å². The first-order valence-corrected chi connectivity index (χ1v) is 15.6. The Morgan fingerprint density at radius 2 is 1.40 bits per heavy atom. The number of tetrazole rings is 1. The number of unbranched alkanes of at least 4 members (excludes halogenated alkanes) is 9. The lowest BCUT2D eigenvalue weighted by Gasteiger charge is -2.20. The minimum atomic E-state index is -4.13. The standard InChI is InChI=1S/C29H43N5O5S/c1-5-6-7-8-9-10-11-12-13-17-20-34-31-29(30-33-34)28(23-18-15-14-16-19-23)40(35,36)32-27-25(38-3)21-24(37-2)22-26(27)39-4/h14-16,18-19,21-22,28,32H,5-13,17,20H2,1-4H3. The molecule has 220 valence electrons. The van der Waals surface area contributed by atoms with Gasteiger partial charge in [-0.15, -0.1) is 10.2 Å². The van der Waals surface area contributed by atoms with Crippen LogP contribution in [0.2, 0.25) is 0 Å². The molecule has 11 heteroatoms. The number of nitrogens with zero attached hydrogens (tertiary/aromatic N) is 4. The number of ether oxygens (including phenoxy) is 3. The monoisotopic (exact) mass is 573 g/mol. The van der Waals surface area contributed by atoms with E-state index in [4.69, 9.17) is 14.2 Å². The van der Waals surface area contributed by atoms with Crippen LogP contribution in [0.15, 0.2) is 42.5 Å². The highest BCUT2D eigenvalue weighted by atomic mass is 32.2. The van der Waals surface area contributed by atoms with Crippen molar-refractivity contribution in [2.75, 3.05) is 26.1 Å². The Morgan fingerprint density at radius 3 is 1.95 bits per heavy atom. The first kappa shape index (κ1) is 31.2. The molecule has 0 saturated carbocycles. The van der Waals surface area contributed by atoms with Crippen molar-refractivity contribution in [2.24, 2.45) is 0 Å². The van der Waals surface area contributed by atoms with Gasteiger partial charge in [-0.3, -0.25) is 4.72 Å². The van der Waals surface area contributed by atoms with E-state index < -0.39 is 15.3 Å². The van der Waals surface area contributed by atoms with Crippen molar-refractivity contribution in [3.05, 3.63) is 53.9 Å². The molecule has 0 saturated heterocycles. The Kier molecular flexibility index (Phi) is 12.5. The summed E-state index contributed by atoms with van der Waals surface area (Å²) in [5, 5.41) is 11.6. The molecule has 2 aromatic carbocycles. The quantitative estimate of drug-likeness (QED) is 0.170. The number of methoxy groups -OCH3 is 3. The summed E-state index contributed by atoms with van der Waals surface area (Å²) in [5.41, 5.74) is 0.671. The van der Waals surface area contributed by atoms with Gasteiger partial charge < -0.3 is 14.2 Å². The van der Waals surface area contributed by atoms with Crippen molar-refractivity contribution in [1.82, 2.24) is 20.2 Å². The molecule has 0 aliphatic carbocycles. The molecule has 0 aliphatic rings. The van der Waals surface area contributed by atoms with Crippen molar-refractivity contribution in [1.29, 1.82) is 0 Å². The highest BCUT2D eigenvalue weighted by Crippen LogP contribution is 2.41. The third-order valence-corrected chi connectivity index (χ3v) is 8.38. The fourth-order valence-corrected chi connectivity index (χ4v) is 6.09. The van der Waals surface area contributed by atoms with E-state index in [9.17, 15) is 8.42 Å². The Labute approximate surface area is 238 Å². The Bertz CT molecular complexity index is 1240. The lowest BCUT2D eigenvalue weighted by Crippen LogP contribution is -2.24. The molecular formula is C29H43N5O5S. The number of hydrogen-bond donors (Lipinski definition) is 1. The van der Waals surface area contributed by atoms with Gasteiger partial charge in [0.25, 0.3) is 0 Å². The number of sulfonamides is 1. The zero-order chi connectivity index (χ0) is 28.8. The first-order chi connectivity index (χ1) is 19.4. The van der Waals surface area contributed by atoms with E-state index in [2.05, 4.69) is 27.1 Å². The molecule has 1 N–H and O–H groups in total. The zero-order valence-electron chi connectivity index (χ0n) is 24.1. The molecule has 0 spiro atoms. The SMILES string of the molecule is CCCCCCCCCCCCn1nnc(C(c2ccccc2)S(=O)(=O)Nc2c(OC)cc(OC)cc2OC)n1. The molecule has 0 fully saturated rings. The van der Waals surface area contributed by atoms with Crippen LogP contribution >= 0.6 is 0 Å². The zero-order valence-corrected chi connectivity index (χ0v) is 25.0. The first-order valence-electron chi connectivity index (χ1n) is 14.1. The number of aromatic nitrogens is 4. The molecule has 3 rings (SSSR count). The summed E-state index contributed by atoms with van der Waals surface area (Å²) in [6, 6.07) is 12.0. The van der Waals surface area contributed by atoms with E-state index in [0.29, 0.717) is 17.9 Å². The van der Waals surface area contributed by atoms with Gasteiger partial charge in [-0.05, 0) is 17.2 Å². The normalized spacial score (nSPS) is 12.2. The average molecular weight is 574 g/mol. The largest absolute Gasteiger partial charge is 0.496 e.